The fourth-order valence-corrected chi connectivity index (χ4v) is 1.44. The first-order chi connectivity index (χ1) is 7.11. The number of aromatic nitrogens is 2. The van der Waals surface area contributed by atoms with Gasteiger partial charge in [0.1, 0.15) is 0 Å². The fourth-order valence-electron chi connectivity index (χ4n) is 1.44. The summed E-state index contributed by atoms with van der Waals surface area (Å²) in [5, 5.41) is 16.1. The van der Waals surface area contributed by atoms with Crippen LogP contribution in [0.1, 0.15) is 32.0 Å². The average molecular weight is 213 g/mol. The summed E-state index contributed by atoms with van der Waals surface area (Å²) >= 11 is 0. The summed E-state index contributed by atoms with van der Waals surface area (Å²) in [6.07, 6.45) is 0.938. The van der Waals surface area contributed by atoms with E-state index in [1.807, 2.05) is 0 Å². The Bertz CT molecular complexity index is 286. The first-order valence-corrected chi connectivity index (χ1v) is 5.25. The topological polar surface area (TPSA) is 71.2 Å². The van der Waals surface area contributed by atoms with Gasteiger partial charge < -0.3 is 14.9 Å². The summed E-state index contributed by atoms with van der Waals surface area (Å²) in [5.41, 5.74) is 0. The van der Waals surface area contributed by atoms with Gasteiger partial charge >= 0.3 is 0 Å². The fraction of sp³-hybridized carbons (Fsp3) is 0.800. The highest BCUT2D eigenvalue weighted by Gasteiger charge is 2.10. The van der Waals surface area contributed by atoms with Crippen molar-refractivity contribution >= 4 is 0 Å². The average Bonchev–Trinajstić information content (AvgIpc) is 2.58. The Hall–Kier alpha value is -0.940. The third-order valence-corrected chi connectivity index (χ3v) is 2.09. The number of rotatable bonds is 6. The summed E-state index contributed by atoms with van der Waals surface area (Å²) in [7, 11) is 0. The molecule has 1 aromatic heterocycles. The van der Waals surface area contributed by atoms with Gasteiger partial charge in [0.15, 0.2) is 5.82 Å². The van der Waals surface area contributed by atoms with Crippen LogP contribution in [-0.2, 0) is 6.54 Å². The van der Waals surface area contributed by atoms with Crippen molar-refractivity contribution in [2.75, 3.05) is 6.61 Å². The maximum atomic E-state index is 9.13. The minimum Gasteiger partial charge on any atom is -0.395 e. The van der Waals surface area contributed by atoms with Crippen LogP contribution in [0.25, 0.3) is 0 Å². The Balaban J connectivity index is 2.34. The van der Waals surface area contributed by atoms with Crippen LogP contribution in [0.4, 0.5) is 0 Å². The molecule has 0 aliphatic rings. The lowest BCUT2D eigenvalue weighted by molar-refractivity contribution is 0.222. The molecule has 1 atom stereocenters. The summed E-state index contributed by atoms with van der Waals surface area (Å²) in [4.78, 5) is 4.07. The smallest absolute Gasteiger partial charge is 0.223 e. The zero-order chi connectivity index (χ0) is 11.3. The zero-order valence-corrected chi connectivity index (χ0v) is 9.53. The first-order valence-electron chi connectivity index (χ1n) is 5.25. The van der Waals surface area contributed by atoms with Crippen LogP contribution in [0.5, 0.6) is 0 Å². The predicted octanol–water partition coefficient (Wildman–Crippen LogP) is 0.875. The third kappa shape index (κ3) is 4.40. The molecule has 1 heterocycles. The molecule has 0 bridgehead atoms. The van der Waals surface area contributed by atoms with Gasteiger partial charge in [-0.05, 0) is 12.3 Å². The minimum absolute atomic E-state index is 0.101. The van der Waals surface area contributed by atoms with E-state index in [0.717, 1.165) is 6.42 Å². The highest BCUT2D eigenvalue weighted by atomic mass is 16.5. The molecule has 2 N–H and O–H groups in total. The molecule has 1 unspecified atom stereocenters. The van der Waals surface area contributed by atoms with Crippen LogP contribution in [-0.4, -0.2) is 27.9 Å². The number of hydrogen-bond donors (Lipinski definition) is 2. The van der Waals surface area contributed by atoms with Gasteiger partial charge in [0.05, 0.1) is 13.2 Å². The van der Waals surface area contributed by atoms with Crippen molar-refractivity contribution in [3.05, 3.63) is 11.7 Å². The molecule has 0 aliphatic heterocycles. The summed E-state index contributed by atoms with van der Waals surface area (Å²) in [6, 6.07) is 0.101. The molecule has 0 spiro atoms. The van der Waals surface area contributed by atoms with Gasteiger partial charge in [-0.2, -0.15) is 4.98 Å². The molecule has 0 saturated heterocycles. The maximum Gasteiger partial charge on any atom is 0.223 e. The Morgan fingerprint density at radius 3 is 2.67 bits per heavy atom. The molecule has 0 fully saturated rings. The van der Waals surface area contributed by atoms with E-state index in [-0.39, 0.29) is 12.6 Å². The SMILES string of the molecule is Cc1nc(CNC(CO)CC(C)C)no1. The van der Waals surface area contributed by atoms with Crippen molar-refractivity contribution < 1.29 is 9.63 Å². The number of nitrogens with zero attached hydrogens (tertiary/aromatic N) is 2. The normalized spacial score (nSPS) is 13.4. The molecule has 1 aromatic rings. The van der Waals surface area contributed by atoms with E-state index in [4.69, 9.17) is 9.63 Å². The van der Waals surface area contributed by atoms with Crippen molar-refractivity contribution in [3.8, 4) is 0 Å². The van der Waals surface area contributed by atoms with Crippen LogP contribution in [0.2, 0.25) is 0 Å². The largest absolute Gasteiger partial charge is 0.395 e. The monoisotopic (exact) mass is 213 g/mol. The van der Waals surface area contributed by atoms with Crippen LogP contribution in [0.3, 0.4) is 0 Å². The second-order valence-corrected chi connectivity index (χ2v) is 4.12. The molecule has 86 valence electrons. The van der Waals surface area contributed by atoms with Crippen molar-refractivity contribution in [2.45, 2.75) is 39.8 Å². The van der Waals surface area contributed by atoms with Crippen molar-refractivity contribution in [3.63, 3.8) is 0 Å². The highest BCUT2D eigenvalue weighted by molar-refractivity contribution is 4.84. The van der Waals surface area contributed by atoms with Gasteiger partial charge in [0, 0.05) is 13.0 Å². The van der Waals surface area contributed by atoms with Crippen LogP contribution >= 0.6 is 0 Å². The van der Waals surface area contributed by atoms with Crippen LogP contribution in [0.15, 0.2) is 4.52 Å². The molecular weight excluding hydrogens is 194 g/mol. The molecule has 0 radical (unpaired) electrons. The van der Waals surface area contributed by atoms with Gasteiger partial charge in [0.25, 0.3) is 0 Å². The van der Waals surface area contributed by atoms with E-state index >= 15 is 0 Å². The molecule has 0 aliphatic carbocycles. The van der Waals surface area contributed by atoms with Crippen molar-refractivity contribution in [1.29, 1.82) is 0 Å². The number of nitrogens with one attached hydrogen (secondary N) is 1. The van der Waals surface area contributed by atoms with Crippen molar-refractivity contribution in [1.82, 2.24) is 15.5 Å². The van der Waals surface area contributed by atoms with E-state index in [9.17, 15) is 0 Å². The Morgan fingerprint density at radius 1 is 1.47 bits per heavy atom. The van der Waals surface area contributed by atoms with Gasteiger partial charge in [-0.25, -0.2) is 0 Å². The standard InChI is InChI=1S/C10H19N3O2/c1-7(2)4-9(6-14)11-5-10-12-8(3)15-13-10/h7,9,11,14H,4-6H2,1-3H3. The van der Waals surface area contributed by atoms with E-state index in [1.165, 1.54) is 0 Å². The summed E-state index contributed by atoms with van der Waals surface area (Å²) < 4.78 is 4.85. The van der Waals surface area contributed by atoms with Gasteiger partial charge in [-0.3, -0.25) is 0 Å². The highest BCUT2D eigenvalue weighted by Crippen LogP contribution is 2.04. The molecule has 0 saturated carbocycles. The Morgan fingerprint density at radius 2 is 2.20 bits per heavy atom. The van der Waals surface area contributed by atoms with Crippen molar-refractivity contribution in [2.24, 2.45) is 5.92 Å². The lowest BCUT2D eigenvalue weighted by Crippen LogP contribution is -2.33. The Labute approximate surface area is 89.9 Å². The first kappa shape index (κ1) is 12.1. The number of aryl methyl sites for hydroxylation is 1. The number of aliphatic hydroxyl groups is 1. The summed E-state index contributed by atoms with van der Waals surface area (Å²) in [5.74, 6) is 1.76. The lowest BCUT2D eigenvalue weighted by atomic mass is 10.0. The number of aliphatic hydroxyl groups excluding tert-OH is 1. The van der Waals surface area contributed by atoms with E-state index < -0.39 is 0 Å². The number of hydrogen-bond acceptors (Lipinski definition) is 5. The molecule has 5 heteroatoms. The molecule has 1 rings (SSSR count). The maximum absolute atomic E-state index is 9.13. The van der Waals surface area contributed by atoms with E-state index in [1.54, 1.807) is 6.92 Å². The van der Waals surface area contributed by atoms with Crippen LogP contribution < -0.4 is 5.32 Å². The molecule has 0 amide bonds. The van der Waals surface area contributed by atoms with Gasteiger partial charge in [-0.1, -0.05) is 19.0 Å². The summed E-state index contributed by atoms with van der Waals surface area (Å²) in [6.45, 7) is 6.68. The minimum atomic E-state index is 0.101. The van der Waals surface area contributed by atoms with Gasteiger partial charge in [-0.15, -0.1) is 0 Å². The lowest BCUT2D eigenvalue weighted by Gasteiger charge is -2.16. The molecule has 15 heavy (non-hydrogen) atoms. The molecular formula is C10H19N3O2. The second-order valence-electron chi connectivity index (χ2n) is 4.12. The van der Waals surface area contributed by atoms with Crippen LogP contribution in [0, 0.1) is 12.8 Å². The Kier molecular flexibility index (Phi) is 4.71. The van der Waals surface area contributed by atoms with E-state index in [2.05, 4.69) is 29.3 Å². The quantitative estimate of drug-likeness (QED) is 0.733. The van der Waals surface area contributed by atoms with E-state index in [0.29, 0.717) is 24.2 Å². The molecule has 0 aromatic carbocycles. The predicted molar refractivity (Wildman–Crippen MR) is 56.2 cm³/mol. The van der Waals surface area contributed by atoms with Gasteiger partial charge in [0.2, 0.25) is 5.89 Å². The third-order valence-electron chi connectivity index (χ3n) is 2.09. The second kappa shape index (κ2) is 5.82. The molecule has 5 nitrogen and oxygen atoms in total. The zero-order valence-electron chi connectivity index (χ0n) is 9.53.